The first-order valence-electron chi connectivity index (χ1n) is 9.64. The summed E-state index contributed by atoms with van der Waals surface area (Å²) in [5.74, 6) is 0.0704. The number of nitrogens with one attached hydrogen (secondary N) is 1. The molecule has 2 aliphatic rings. The minimum Gasteiger partial charge on any atom is -0.352 e. The topological polar surface area (TPSA) is 69.7 Å². The molecule has 1 aliphatic carbocycles. The zero-order chi connectivity index (χ0) is 19.4. The summed E-state index contributed by atoms with van der Waals surface area (Å²) in [5.41, 5.74) is 0. The van der Waals surface area contributed by atoms with Gasteiger partial charge in [-0.2, -0.15) is 4.31 Å². The highest BCUT2D eigenvalue weighted by Crippen LogP contribution is 2.23. The molecule has 27 heavy (non-hydrogen) atoms. The van der Waals surface area contributed by atoms with Gasteiger partial charge in [-0.1, -0.05) is 19.8 Å². The normalized spacial score (nSPS) is 25.3. The van der Waals surface area contributed by atoms with Gasteiger partial charge in [0, 0.05) is 32.2 Å². The van der Waals surface area contributed by atoms with Gasteiger partial charge in [0.15, 0.2) is 0 Å². The van der Waals surface area contributed by atoms with Crippen LogP contribution in [-0.2, 0) is 14.8 Å². The first kappa shape index (κ1) is 20.2. The van der Waals surface area contributed by atoms with Gasteiger partial charge in [-0.05, 0) is 43.0 Å². The van der Waals surface area contributed by atoms with Gasteiger partial charge in [0.25, 0.3) is 0 Å². The molecule has 0 aromatic heterocycles. The molecule has 2 atom stereocenters. The van der Waals surface area contributed by atoms with Crippen molar-refractivity contribution in [3.05, 3.63) is 30.1 Å². The molecule has 1 saturated carbocycles. The van der Waals surface area contributed by atoms with Crippen LogP contribution >= 0.6 is 0 Å². The Morgan fingerprint density at radius 2 is 1.74 bits per heavy atom. The average Bonchev–Trinajstić information content (AvgIpc) is 2.64. The second-order valence-corrected chi connectivity index (χ2v) is 9.51. The SMILES string of the molecule is C[C@H]1CCCC[C@H]1NC(=O)CN1CCN(S(=O)(=O)c2ccc(F)cc2)CC1. The second kappa shape index (κ2) is 8.67. The van der Waals surface area contributed by atoms with Crippen LogP contribution in [0.4, 0.5) is 4.39 Å². The van der Waals surface area contributed by atoms with Crippen LogP contribution < -0.4 is 5.32 Å². The summed E-state index contributed by atoms with van der Waals surface area (Å²) in [6, 6.07) is 5.14. The summed E-state index contributed by atoms with van der Waals surface area (Å²) >= 11 is 0. The summed E-state index contributed by atoms with van der Waals surface area (Å²) < 4.78 is 39.7. The molecule has 1 saturated heterocycles. The van der Waals surface area contributed by atoms with Crippen molar-refractivity contribution in [3.63, 3.8) is 0 Å². The van der Waals surface area contributed by atoms with E-state index in [2.05, 4.69) is 12.2 Å². The van der Waals surface area contributed by atoms with E-state index >= 15 is 0 Å². The minimum absolute atomic E-state index is 0.0172. The van der Waals surface area contributed by atoms with Crippen molar-refractivity contribution in [2.45, 2.75) is 43.5 Å². The lowest BCUT2D eigenvalue weighted by atomic mass is 9.86. The first-order valence-corrected chi connectivity index (χ1v) is 11.1. The molecule has 1 aliphatic heterocycles. The summed E-state index contributed by atoms with van der Waals surface area (Å²) in [5, 5.41) is 3.14. The molecule has 2 fully saturated rings. The maximum absolute atomic E-state index is 13.0. The van der Waals surface area contributed by atoms with Gasteiger partial charge in [0.05, 0.1) is 11.4 Å². The number of rotatable bonds is 5. The number of amides is 1. The summed E-state index contributed by atoms with van der Waals surface area (Å²) in [7, 11) is -3.62. The van der Waals surface area contributed by atoms with E-state index in [0.29, 0.717) is 38.6 Å². The minimum atomic E-state index is -3.62. The molecule has 1 aromatic rings. The van der Waals surface area contributed by atoms with E-state index in [1.807, 2.05) is 4.90 Å². The van der Waals surface area contributed by atoms with Crippen molar-refractivity contribution in [2.24, 2.45) is 5.92 Å². The Hall–Kier alpha value is -1.51. The molecular weight excluding hydrogens is 369 g/mol. The Kier molecular flexibility index (Phi) is 6.49. The van der Waals surface area contributed by atoms with Gasteiger partial charge in [-0.25, -0.2) is 12.8 Å². The van der Waals surface area contributed by atoms with Crippen LogP contribution in [0.1, 0.15) is 32.6 Å². The standard InChI is InChI=1S/C19H28FN3O3S/c1-15-4-2-3-5-18(15)21-19(24)14-22-10-12-23(13-11-22)27(25,26)17-8-6-16(20)7-9-17/h6-9,15,18H,2-5,10-14H2,1H3,(H,21,24)/t15-,18+/m0/s1. The molecule has 1 amide bonds. The Morgan fingerprint density at radius 3 is 2.37 bits per heavy atom. The molecule has 6 nitrogen and oxygen atoms in total. The monoisotopic (exact) mass is 397 g/mol. The first-order chi connectivity index (χ1) is 12.9. The molecule has 0 bridgehead atoms. The van der Waals surface area contributed by atoms with E-state index in [1.54, 1.807) is 0 Å². The Labute approximate surface area is 160 Å². The fourth-order valence-electron chi connectivity index (χ4n) is 3.87. The third-order valence-electron chi connectivity index (χ3n) is 5.61. The lowest BCUT2D eigenvalue weighted by Gasteiger charge is -2.34. The fourth-order valence-corrected chi connectivity index (χ4v) is 5.29. The highest BCUT2D eigenvalue weighted by molar-refractivity contribution is 7.89. The van der Waals surface area contributed by atoms with Crippen molar-refractivity contribution in [1.82, 2.24) is 14.5 Å². The van der Waals surface area contributed by atoms with Crippen LogP contribution in [0.15, 0.2) is 29.2 Å². The molecule has 1 heterocycles. The largest absolute Gasteiger partial charge is 0.352 e. The van der Waals surface area contributed by atoms with Gasteiger partial charge in [-0.3, -0.25) is 9.69 Å². The number of carbonyl (C=O) groups excluding carboxylic acids is 1. The number of hydrogen-bond donors (Lipinski definition) is 1. The molecule has 0 spiro atoms. The van der Waals surface area contributed by atoms with E-state index in [1.165, 1.54) is 22.9 Å². The van der Waals surface area contributed by atoms with E-state index in [4.69, 9.17) is 0 Å². The van der Waals surface area contributed by atoms with Crippen LogP contribution in [-0.4, -0.2) is 62.3 Å². The van der Waals surface area contributed by atoms with Gasteiger partial charge < -0.3 is 5.32 Å². The second-order valence-electron chi connectivity index (χ2n) is 7.57. The third kappa shape index (κ3) is 5.06. The Morgan fingerprint density at radius 1 is 1.11 bits per heavy atom. The molecule has 8 heteroatoms. The predicted molar refractivity (Wildman–Crippen MR) is 101 cm³/mol. The lowest BCUT2D eigenvalue weighted by Crippen LogP contribution is -2.52. The van der Waals surface area contributed by atoms with Gasteiger partial charge in [0.1, 0.15) is 5.82 Å². The molecular formula is C19H28FN3O3S. The van der Waals surface area contributed by atoms with Crippen molar-refractivity contribution in [3.8, 4) is 0 Å². The average molecular weight is 398 g/mol. The predicted octanol–water partition coefficient (Wildman–Crippen LogP) is 1.83. The fraction of sp³-hybridized carbons (Fsp3) is 0.632. The van der Waals surface area contributed by atoms with Gasteiger partial charge in [-0.15, -0.1) is 0 Å². The lowest BCUT2D eigenvalue weighted by molar-refractivity contribution is -0.123. The Bertz CT molecular complexity index is 746. The Balaban J connectivity index is 1.49. The van der Waals surface area contributed by atoms with Crippen LogP contribution in [0.2, 0.25) is 0 Å². The quantitative estimate of drug-likeness (QED) is 0.823. The summed E-state index contributed by atoms with van der Waals surface area (Å²) in [4.78, 5) is 14.4. The molecule has 0 radical (unpaired) electrons. The van der Waals surface area contributed by atoms with Crippen molar-refractivity contribution < 1.29 is 17.6 Å². The van der Waals surface area contributed by atoms with Gasteiger partial charge in [0.2, 0.25) is 15.9 Å². The summed E-state index contributed by atoms with van der Waals surface area (Å²) in [6.45, 7) is 4.15. The smallest absolute Gasteiger partial charge is 0.243 e. The van der Waals surface area contributed by atoms with Gasteiger partial charge >= 0.3 is 0 Å². The number of benzene rings is 1. The van der Waals surface area contributed by atoms with Crippen molar-refractivity contribution in [2.75, 3.05) is 32.7 Å². The molecule has 1 N–H and O–H groups in total. The number of halogens is 1. The van der Waals surface area contributed by atoms with E-state index in [9.17, 15) is 17.6 Å². The number of sulfonamides is 1. The van der Waals surface area contributed by atoms with Crippen molar-refractivity contribution in [1.29, 1.82) is 0 Å². The van der Waals surface area contributed by atoms with Crippen LogP contribution in [0.3, 0.4) is 0 Å². The molecule has 0 unspecified atom stereocenters. The molecule has 150 valence electrons. The maximum Gasteiger partial charge on any atom is 0.243 e. The van der Waals surface area contributed by atoms with Crippen LogP contribution in [0.5, 0.6) is 0 Å². The number of hydrogen-bond acceptors (Lipinski definition) is 4. The van der Waals surface area contributed by atoms with E-state index in [0.717, 1.165) is 31.4 Å². The highest BCUT2D eigenvalue weighted by Gasteiger charge is 2.30. The van der Waals surface area contributed by atoms with Crippen molar-refractivity contribution >= 4 is 15.9 Å². The third-order valence-corrected chi connectivity index (χ3v) is 7.52. The number of piperazine rings is 1. The zero-order valence-corrected chi connectivity index (χ0v) is 16.5. The molecule has 3 rings (SSSR count). The number of nitrogens with zero attached hydrogens (tertiary/aromatic N) is 2. The number of carbonyl (C=O) groups is 1. The maximum atomic E-state index is 13.0. The van der Waals surface area contributed by atoms with E-state index < -0.39 is 15.8 Å². The zero-order valence-electron chi connectivity index (χ0n) is 15.7. The molecule has 1 aromatic carbocycles. The van der Waals surface area contributed by atoms with E-state index in [-0.39, 0.29) is 16.8 Å². The van der Waals surface area contributed by atoms with Crippen LogP contribution in [0, 0.1) is 11.7 Å². The highest BCUT2D eigenvalue weighted by atomic mass is 32.2. The van der Waals surface area contributed by atoms with Crippen LogP contribution in [0.25, 0.3) is 0 Å². The summed E-state index contributed by atoms with van der Waals surface area (Å²) in [6.07, 6.45) is 4.59.